The number of nitrogens with one attached hydrogen (secondary N) is 1. The molecule has 5 heteroatoms. The number of anilines is 1. The highest BCUT2D eigenvalue weighted by Crippen LogP contribution is 2.20. The topological polar surface area (TPSA) is 52.0 Å². The number of ether oxygens (including phenoxy) is 1. The molecule has 0 aliphatic heterocycles. The van der Waals surface area contributed by atoms with E-state index in [1.54, 1.807) is 13.4 Å². The third-order valence-electron chi connectivity index (χ3n) is 2.66. The van der Waals surface area contributed by atoms with E-state index in [0.717, 1.165) is 17.1 Å². The molecule has 0 saturated heterocycles. The largest absolute Gasteiger partial charge is 0.383 e. The molecular weight excluding hydrogens is 228 g/mol. The van der Waals surface area contributed by atoms with Gasteiger partial charge < -0.3 is 14.6 Å². The van der Waals surface area contributed by atoms with Crippen molar-refractivity contribution in [2.24, 2.45) is 7.05 Å². The van der Waals surface area contributed by atoms with E-state index < -0.39 is 0 Å². The summed E-state index contributed by atoms with van der Waals surface area (Å²) in [5.74, 6) is 0.859. The molecule has 2 rings (SSSR count). The summed E-state index contributed by atoms with van der Waals surface area (Å²) in [5.41, 5.74) is 2.10. The Morgan fingerprint density at radius 1 is 1.44 bits per heavy atom. The summed E-state index contributed by atoms with van der Waals surface area (Å²) in [7, 11) is 3.64. The van der Waals surface area contributed by atoms with Crippen LogP contribution in [0, 0.1) is 0 Å². The quantitative estimate of drug-likeness (QED) is 0.875. The summed E-state index contributed by atoms with van der Waals surface area (Å²) >= 11 is 0. The van der Waals surface area contributed by atoms with Gasteiger partial charge in [0.1, 0.15) is 6.33 Å². The third-order valence-corrected chi connectivity index (χ3v) is 2.66. The van der Waals surface area contributed by atoms with Crippen LogP contribution < -0.4 is 5.32 Å². The highest BCUT2D eigenvalue weighted by molar-refractivity contribution is 5.62. The van der Waals surface area contributed by atoms with Crippen molar-refractivity contribution in [3.63, 3.8) is 0 Å². The lowest BCUT2D eigenvalue weighted by atomic mass is 10.2. The highest BCUT2D eigenvalue weighted by Gasteiger charge is 2.06. The summed E-state index contributed by atoms with van der Waals surface area (Å²) in [6.07, 6.45) is 1.70. The predicted octanol–water partition coefficient (Wildman–Crippen LogP) is 1.93. The molecule has 0 aliphatic rings. The van der Waals surface area contributed by atoms with Crippen LogP contribution in [0.3, 0.4) is 0 Å². The van der Waals surface area contributed by atoms with Crippen LogP contribution >= 0.6 is 0 Å². The van der Waals surface area contributed by atoms with Crippen molar-refractivity contribution in [3.8, 4) is 11.4 Å². The molecule has 18 heavy (non-hydrogen) atoms. The zero-order chi connectivity index (χ0) is 13.0. The van der Waals surface area contributed by atoms with Gasteiger partial charge in [-0.15, -0.1) is 10.2 Å². The molecule has 0 spiro atoms. The van der Waals surface area contributed by atoms with E-state index in [1.807, 2.05) is 29.8 Å². The van der Waals surface area contributed by atoms with Crippen LogP contribution in [0.2, 0.25) is 0 Å². The van der Waals surface area contributed by atoms with Crippen molar-refractivity contribution in [2.45, 2.75) is 13.0 Å². The van der Waals surface area contributed by atoms with Gasteiger partial charge in [-0.25, -0.2) is 0 Å². The van der Waals surface area contributed by atoms with Crippen molar-refractivity contribution in [3.05, 3.63) is 30.6 Å². The average Bonchev–Trinajstić information content (AvgIpc) is 2.76. The lowest BCUT2D eigenvalue weighted by Crippen LogP contribution is -2.20. The van der Waals surface area contributed by atoms with E-state index in [4.69, 9.17) is 4.74 Å². The zero-order valence-corrected chi connectivity index (χ0v) is 10.9. The molecule has 0 aliphatic carbocycles. The summed E-state index contributed by atoms with van der Waals surface area (Å²) in [6, 6.07) is 8.40. The number of nitrogens with zero attached hydrogens (tertiary/aromatic N) is 3. The Balaban J connectivity index is 2.18. The molecule has 5 nitrogen and oxygen atoms in total. The van der Waals surface area contributed by atoms with Gasteiger partial charge in [0.05, 0.1) is 6.61 Å². The Hall–Kier alpha value is -1.88. The molecule has 1 atom stereocenters. The maximum Gasteiger partial charge on any atom is 0.163 e. The Morgan fingerprint density at radius 2 is 2.28 bits per heavy atom. The minimum atomic E-state index is 0.268. The third kappa shape index (κ3) is 2.87. The van der Waals surface area contributed by atoms with Gasteiger partial charge in [0.2, 0.25) is 0 Å². The molecule has 0 fully saturated rings. The molecule has 96 valence electrons. The zero-order valence-electron chi connectivity index (χ0n) is 10.9. The first-order chi connectivity index (χ1) is 8.70. The summed E-state index contributed by atoms with van der Waals surface area (Å²) in [4.78, 5) is 0. The molecule has 0 saturated carbocycles. The second-order valence-electron chi connectivity index (χ2n) is 4.35. The maximum atomic E-state index is 5.11. The Labute approximate surface area is 107 Å². The van der Waals surface area contributed by atoms with Gasteiger partial charge in [-0.05, 0) is 19.1 Å². The van der Waals surface area contributed by atoms with Gasteiger partial charge in [-0.3, -0.25) is 0 Å². The molecule has 0 amide bonds. The van der Waals surface area contributed by atoms with Crippen molar-refractivity contribution in [2.75, 3.05) is 19.0 Å². The fraction of sp³-hybridized carbons (Fsp3) is 0.385. The van der Waals surface area contributed by atoms with E-state index >= 15 is 0 Å². The molecular formula is C13H18N4O. The normalized spacial score (nSPS) is 12.4. The number of hydrogen-bond donors (Lipinski definition) is 1. The minimum Gasteiger partial charge on any atom is -0.383 e. The number of benzene rings is 1. The minimum absolute atomic E-state index is 0.268. The van der Waals surface area contributed by atoms with E-state index in [9.17, 15) is 0 Å². The van der Waals surface area contributed by atoms with Gasteiger partial charge in [-0.1, -0.05) is 12.1 Å². The fourth-order valence-corrected chi connectivity index (χ4v) is 1.87. The van der Waals surface area contributed by atoms with Crippen LogP contribution in [-0.4, -0.2) is 34.5 Å². The summed E-state index contributed by atoms with van der Waals surface area (Å²) in [6.45, 7) is 2.76. The molecule has 0 radical (unpaired) electrons. The molecule has 1 aromatic heterocycles. The second-order valence-corrected chi connectivity index (χ2v) is 4.35. The fourth-order valence-electron chi connectivity index (χ4n) is 1.87. The van der Waals surface area contributed by atoms with Gasteiger partial charge >= 0.3 is 0 Å². The van der Waals surface area contributed by atoms with Crippen LogP contribution in [0.25, 0.3) is 11.4 Å². The first kappa shape index (κ1) is 12.6. The van der Waals surface area contributed by atoms with Gasteiger partial charge in [0.25, 0.3) is 0 Å². The van der Waals surface area contributed by atoms with Crippen LogP contribution in [-0.2, 0) is 11.8 Å². The first-order valence-corrected chi connectivity index (χ1v) is 5.90. The smallest absolute Gasteiger partial charge is 0.163 e. The molecule has 1 heterocycles. The lowest BCUT2D eigenvalue weighted by molar-refractivity contribution is 0.190. The number of aryl methyl sites for hydroxylation is 1. The van der Waals surface area contributed by atoms with E-state index in [2.05, 4.69) is 28.5 Å². The van der Waals surface area contributed by atoms with Crippen molar-refractivity contribution >= 4 is 5.69 Å². The summed E-state index contributed by atoms with van der Waals surface area (Å²) < 4.78 is 7.01. The van der Waals surface area contributed by atoms with Crippen molar-refractivity contribution in [1.29, 1.82) is 0 Å². The molecule has 1 N–H and O–H groups in total. The Morgan fingerprint density at radius 3 is 2.94 bits per heavy atom. The van der Waals surface area contributed by atoms with Crippen LogP contribution in [0.5, 0.6) is 0 Å². The number of hydrogen-bond acceptors (Lipinski definition) is 4. The van der Waals surface area contributed by atoms with Crippen molar-refractivity contribution < 1.29 is 4.74 Å². The lowest BCUT2D eigenvalue weighted by Gasteiger charge is -2.14. The summed E-state index contributed by atoms with van der Waals surface area (Å²) in [5, 5.41) is 11.4. The number of aromatic nitrogens is 3. The average molecular weight is 246 g/mol. The van der Waals surface area contributed by atoms with E-state index in [1.165, 1.54) is 0 Å². The SMILES string of the molecule is COCC(C)Nc1cccc(-c2nncn2C)c1. The number of methoxy groups -OCH3 is 1. The maximum absolute atomic E-state index is 5.11. The highest BCUT2D eigenvalue weighted by atomic mass is 16.5. The first-order valence-electron chi connectivity index (χ1n) is 5.90. The van der Waals surface area contributed by atoms with Crippen LogP contribution in [0.15, 0.2) is 30.6 Å². The van der Waals surface area contributed by atoms with Gasteiger partial charge in [0.15, 0.2) is 5.82 Å². The van der Waals surface area contributed by atoms with Crippen LogP contribution in [0.4, 0.5) is 5.69 Å². The monoisotopic (exact) mass is 246 g/mol. The number of rotatable bonds is 5. The predicted molar refractivity (Wildman–Crippen MR) is 71.4 cm³/mol. The Kier molecular flexibility index (Phi) is 3.94. The van der Waals surface area contributed by atoms with Gasteiger partial charge in [0, 0.05) is 31.5 Å². The molecule has 1 unspecified atom stereocenters. The van der Waals surface area contributed by atoms with E-state index in [0.29, 0.717) is 6.61 Å². The van der Waals surface area contributed by atoms with Crippen LogP contribution in [0.1, 0.15) is 6.92 Å². The second kappa shape index (κ2) is 5.64. The standard InChI is InChI=1S/C13H18N4O/c1-10(8-18-3)15-12-6-4-5-11(7-12)13-16-14-9-17(13)2/h4-7,9-10,15H,8H2,1-3H3. The van der Waals surface area contributed by atoms with Gasteiger partial charge in [-0.2, -0.15) is 0 Å². The molecule has 1 aromatic carbocycles. The van der Waals surface area contributed by atoms with Crippen molar-refractivity contribution in [1.82, 2.24) is 14.8 Å². The Bertz CT molecular complexity index is 509. The van der Waals surface area contributed by atoms with E-state index in [-0.39, 0.29) is 6.04 Å². The molecule has 0 bridgehead atoms. The molecule has 2 aromatic rings.